The van der Waals surface area contributed by atoms with Crippen LogP contribution < -0.4 is 9.80 Å². The van der Waals surface area contributed by atoms with Gasteiger partial charge >= 0.3 is 0 Å². The molecule has 0 radical (unpaired) electrons. The lowest BCUT2D eigenvalue weighted by Crippen LogP contribution is -2.49. The number of hydrogen-bond acceptors (Lipinski definition) is 3. The van der Waals surface area contributed by atoms with Crippen molar-refractivity contribution in [2.45, 2.75) is 46.7 Å². The number of carbonyl (C=O) groups excluding carboxylic acids is 3. The molecule has 6 nitrogen and oxygen atoms in total. The highest BCUT2D eigenvalue weighted by Gasteiger charge is 2.36. The second-order valence-electron chi connectivity index (χ2n) is 8.58. The normalized spacial score (nSPS) is 16.4. The third-order valence-corrected chi connectivity index (χ3v) is 5.57. The summed E-state index contributed by atoms with van der Waals surface area (Å²) in [6.45, 7) is 9.89. The number of amides is 3. The molecule has 0 bridgehead atoms. The highest BCUT2D eigenvalue weighted by molar-refractivity contribution is 6.12. The average molecular weight is 422 g/mol. The van der Waals surface area contributed by atoms with Crippen LogP contribution in [0.4, 0.5) is 11.4 Å². The maximum absolute atomic E-state index is 13.3. The molecule has 3 rings (SSSR count). The van der Waals surface area contributed by atoms with Gasteiger partial charge in [0.2, 0.25) is 11.8 Å². The summed E-state index contributed by atoms with van der Waals surface area (Å²) in [6, 6.07) is 16.4. The van der Waals surface area contributed by atoms with E-state index in [1.54, 1.807) is 39.8 Å². The molecule has 164 valence electrons. The van der Waals surface area contributed by atoms with Crippen molar-refractivity contribution in [3.05, 3.63) is 60.2 Å². The fraction of sp³-hybridized carbons (Fsp3) is 0.400. The van der Waals surface area contributed by atoms with Crippen molar-refractivity contribution in [3.63, 3.8) is 0 Å². The molecule has 1 heterocycles. The standard InChI is InChI=1S/C25H31N3O3/c1-17(2)28(18(3)4)23(29)16-27-22-14-10-9-13-21(22)26(15-19(5)24(27)30)25(31)20-11-7-6-8-12-20/h6-14,17-19H,15-16H2,1-5H3. The van der Waals surface area contributed by atoms with Crippen molar-refractivity contribution in [2.24, 2.45) is 5.92 Å². The number of benzene rings is 2. The first-order valence-electron chi connectivity index (χ1n) is 10.8. The number of carbonyl (C=O) groups is 3. The number of rotatable bonds is 5. The molecule has 2 aromatic rings. The van der Waals surface area contributed by atoms with Crippen LogP contribution in [0.5, 0.6) is 0 Å². The van der Waals surface area contributed by atoms with E-state index >= 15 is 0 Å². The molecule has 1 aliphatic rings. The van der Waals surface area contributed by atoms with Crippen LogP contribution in [0.2, 0.25) is 0 Å². The van der Waals surface area contributed by atoms with Gasteiger partial charge in [-0.2, -0.15) is 0 Å². The van der Waals surface area contributed by atoms with Crippen LogP contribution in [0.3, 0.4) is 0 Å². The molecule has 0 spiro atoms. The van der Waals surface area contributed by atoms with Crippen LogP contribution in [-0.4, -0.2) is 47.8 Å². The van der Waals surface area contributed by atoms with Gasteiger partial charge in [0.15, 0.2) is 0 Å². The van der Waals surface area contributed by atoms with E-state index in [1.807, 2.05) is 64.1 Å². The minimum absolute atomic E-state index is 0.0263. The van der Waals surface area contributed by atoms with Gasteiger partial charge < -0.3 is 14.7 Å². The van der Waals surface area contributed by atoms with Crippen molar-refractivity contribution in [1.82, 2.24) is 4.90 Å². The largest absolute Gasteiger partial charge is 0.336 e. The molecular weight excluding hydrogens is 390 g/mol. The minimum atomic E-state index is -0.445. The minimum Gasteiger partial charge on any atom is -0.336 e. The van der Waals surface area contributed by atoms with Gasteiger partial charge in [-0.15, -0.1) is 0 Å². The predicted molar refractivity (Wildman–Crippen MR) is 123 cm³/mol. The van der Waals surface area contributed by atoms with Crippen molar-refractivity contribution in [3.8, 4) is 0 Å². The van der Waals surface area contributed by atoms with Gasteiger partial charge in [-0.3, -0.25) is 14.4 Å². The van der Waals surface area contributed by atoms with Gasteiger partial charge in [0.05, 0.1) is 17.3 Å². The van der Waals surface area contributed by atoms with Crippen molar-refractivity contribution < 1.29 is 14.4 Å². The molecule has 0 fully saturated rings. The summed E-state index contributed by atoms with van der Waals surface area (Å²) < 4.78 is 0. The lowest BCUT2D eigenvalue weighted by molar-refractivity contribution is -0.135. The van der Waals surface area contributed by atoms with E-state index in [1.165, 1.54) is 0 Å². The Kier molecular flexibility index (Phi) is 6.78. The zero-order valence-corrected chi connectivity index (χ0v) is 18.9. The summed E-state index contributed by atoms with van der Waals surface area (Å²) in [5, 5.41) is 0. The predicted octanol–water partition coefficient (Wildman–Crippen LogP) is 3.96. The lowest BCUT2D eigenvalue weighted by atomic mass is 10.1. The Bertz CT molecular complexity index is 947. The monoisotopic (exact) mass is 421 g/mol. The van der Waals surface area contributed by atoms with Crippen LogP contribution in [0.1, 0.15) is 45.0 Å². The molecule has 0 saturated carbocycles. The third kappa shape index (κ3) is 4.63. The highest BCUT2D eigenvalue weighted by atomic mass is 16.2. The summed E-state index contributed by atoms with van der Waals surface area (Å²) in [6.07, 6.45) is 0. The maximum Gasteiger partial charge on any atom is 0.258 e. The van der Waals surface area contributed by atoms with Gasteiger partial charge in [0, 0.05) is 24.2 Å². The molecule has 0 aromatic heterocycles. The second-order valence-corrected chi connectivity index (χ2v) is 8.58. The van der Waals surface area contributed by atoms with E-state index in [-0.39, 0.29) is 42.9 Å². The number of hydrogen-bond donors (Lipinski definition) is 0. The first-order valence-corrected chi connectivity index (χ1v) is 10.8. The Morgan fingerprint density at radius 1 is 0.935 bits per heavy atom. The number of nitrogens with zero attached hydrogens (tertiary/aromatic N) is 3. The topological polar surface area (TPSA) is 60.9 Å². The highest BCUT2D eigenvalue weighted by Crippen LogP contribution is 2.35. The summed E-state index contributed by atoms with van der Waals surface area (Å²) in [5.74, 6) is -0.869. The van der Waals surface area contributed by atoms with E-state index in [0.717, 1.165) is 0 Å². The smallest absolute Gasteiger partial charge is 0.258 e. The number of fused-ring (bicyclic) bond motifs is 1. The van der Waals surface area contributed by atoms with Gasteiger partial charge in [-0.05, 0) is 52.0 Å². The summed E-state index contributed by atoms with van der Waals surface area (Å²) >= 11 is 0. The summed E-state index contributed by atoms with van der Waals surface area (Å²) in [7, 11) is 0. The molecular formula is C25H31N3O3. The van der Waals surface area contributed by atoms with Crippen LogP contribution in [0.25, 0.3) is 0 Å². The third-order valence-electron chi connectivity index (χ3n) is 5.57. The molecule has 1 aliphatic heterocycles. The maximum atomic E-state index is 13.3. The van der Waals surface area contributed by atoms with Gasteiger partial charge in [-0.25, -0.2) is 0 Å². The lowest BCUT2D eigenvalue weighted by Gasteiger charge is -2.33. The second kappa shape index (κ2) is 9.33. The van der Waals surface area contributed by atoms with Crippen molar-refractivity contribution >= 4 is 29.1 Å². The molecule has 1 atom stereocenters. The average Bonchev–Trinajstić information content (AvgIpc) is 2.84. The Balaban J connectivity index is 2.01. The number of para-hydroxylation sites is 2. The summed E-state index contributed by atoms with van der Waals surface area (Å²) in [4.78, 5) is 44.8. The quantitative estimate of drug-likeness (QED) is 0.734. The van der Waals surface area contributed by atoms with Crippen LogP contribution in [0.15, 0.2) is 54.6 Å². The molecule has 0 N–H and O–H groups in total. The Morgan fingerprint density at radius 2 is 1.48 bits per heavy atom. The Morgan fingerprint density at radius 3 is 2.06 bits per heavy atom. The molecule has 1 unspecified atom stereocenters. The molecule has 0 saturated heterocycles. The first kappa shape index (κ1) is 22.5. The molecule has 2 aromatic carbocycles. The van der Waals surface area contributed by atoms with Crippen molar-refractivity contribution in [2.75, 3.05) is 22.9 Å². The van der Waals surface area contributed by atoms with Crippen LogP contribution in [-0.2, 0) is 9.59 Å². The van der Waals surface area contributed by atoms with Gasteiger partial charge in [0.25, 0.3) is 5.91 Å². The van der Waals surface area contributed by atoms with Crippen LogP contribution in [0, 0.1) is 5.92 Å². The Labute approximate surface area is 184 Å². The first-order chi connectivity index (χ1) is 14.7. The summed E-state index contributed by atoms with van der Waals surface area (Å²) in [5.41, 5.74) is 1.79. The van der Waals surface area contributed by atoms with E-state index in [9.17, 15) is 14.4 Å². The Hall–Kier alpha value is -3.15. The fourth-order valence-corrected chi connectivity index (χ4v) is 4.24. The molecule has 0 aliphatic carbocycles. The van der Waals surface area contributed by atoms with E-state index in [4.69, 9.17) is 0 Å². The van der Waals surface area contributed by atoms with E-state index in [2.05, 4.69) is 0 Å². The van der Waals surface area contributed by atoms with Gasteiger partial charge in [-0.1, -0.05) is 37.3 Å². The zero-order chi connectivity index (χ0) is 22.7. The SMILES string of the molecule is CC1CN(C(=O)c2ccccc2)c2ccccc2N(CC(=O)N(C(C)C)C(C)C)C1=O. The van der Waals surface area contributed by atoms with E-state index < -0.39 is 5.92 Å². The fourth-order valence-electron chi connectivity index (χ4n) is 4.24. The van der Waals surface area contributed by atoms with Crippen molar-refractivity contribution in [1.29, 1.82) is 0 Å². The molecule has 31 heavy (non-hydrogen) atoms. The zero-order valence-electron chi connectivity index (χ0n) is 18.9. The molecule has 6 heteroatoms. The van der Waals surface area contributed by atoms with E-state index in [0.29, 0.717) is 16.9 Å². The van der Waals surface area contributed by atoms with Crippen LogP contribution >= 0.6 is 0 Å². The molecule has 3 amide bonds. The van der Waals surface area contributed by atoms with Gasteiger partial charge in [0.1, 0.15) is 6.54 Å². The number of anilines is 2.